The molecule has 3 unspecified atom stereocenters. The lowest BCUT2D eigenvalue weighted by Crippen LogP contribution is -2.61. The Balaban J connectivity index is 1.97. The van der Waals surface area contributed by atoms with Crippen molar-refractivity contribution in [2.24, 2.45) is 5.41 Å². The first-order valence-electron chi connectivity index (χ1n) is 8.09. The number of piperazine rings is 1. The molecule has 2 heterocycles. The molecule has 2 fully saturated rings. The van der Waals surface area contributed by atoms with Gasteiger partial charge in [-0.2, -0.15) is 0 Å². The van der Waals surface area contributed by atoms with Crippen molar-refractivity contribution in [1.82, 2.24) is 10.2 Å². The highest BCUT2D eigenvalue weighted by Crippen LogP contribution is 2.28. The van der Waals surface area contributed by atoms with Gasteiger partial charge in [0.25, 0.3) is 0 Å². The van der Waals surface area contributed by atoms with Crippen LogP contribution < -0.4 is 5.32 Å². The molecule has 0 radical (unpaired) electrons. The lowest BCUT2D eigenvalue weighted by molar-refractivity contribution is -0.0367. The third kappa shape index (κ3) is 4.17. The number of nitrogens with zero attached hydrogens (tertiary/aromatic N) is 1. The van der Waals surface area contributed by atoms with Crippen LogP contribution in [0.3, 0.4) is 0 Å². The summed E-state index contributed by atoms with van der Waals surface area (Å²) >= 11 is 0. The smallest absolute Gasteiger partial charge is 0.0702 e. The van der Waals surface area contributed by atoms with Gasteiger partial charge in [-0.05, 0) is 31.1 Å². The minimum Gasteiger partial charge on any atom is -0.377 e. The lowest BCUT2D eigenvalue weighted by Gasteiger charge is -2.47. The molecule has 3 nitrogen and oxygen atoms in total. The fraction of sp³-hybridized carbons (Fsp3) is 1.00. The lowest BCUT2D eigenvalue weighted by atomic mass is 9.83. The molecule has 1 N–H and O–H groups in total. The molecule has 2 aliphatic rings. The van der Waals surface area contributed by atoms with E-state index in [1.807, 2.05) is 0 Å². The summed E-state index contributed by atoms with van der Waals surface area (Å²) in [6.45, 7) is 13.8. The number of hydrogen-bond donors (Lipinski definition) is 1. The summed E-state index contributed by atoms with van der Waals surface area (Å²) in [5.74, 6) is 0. The highest BCUT2D eigenvalue weighted by molar-refractivity contribution is 4.93. The summed E-state index contributed by atoms with van der Waals surface area (Å²) < 4.78 is 5.95. The van der Waals surface area contributed by atoms with Crippen LogP contribution in [0.5, 0.6) is 0 Å². The third-order valence-corrected chi connectivity index (χ3v) is 4.70. The van der Waals surface area contributed by atoms with Crippen LogP contribution >= 0.6 is 0 Å². The standard InChI is InChI=1S/C16H32N2O/c1-5-13-11-18(12-14-8-6-7-9-19-14)15(10-17-13)16(2,3)4/h13-15,17H,5-12H2,1-4H3. The number of hydrogen-bond acceptors (Lipinski definition) is 3. The normalized spacial score (nSPS) is 34.4. The van der Waals surface area contributed by atoms with E-state index in [0.717, 1.165) is 19.7 Å². The fourth-order valence-corrected chi connectivity index (χ4v) is 3.42. The Morgan fingerprint density at radius 2 is 2.05 bits per heavy atom. The first-order chi connectivity index (χ1) is 9.00. The quantitative estimate of drug-likeness (QED) is 0.851. The topological polar surface area (TPSA) is 24.5 Å². The molecule has 3 atom stereocenters. The molecule has 0 saturated carbocycles. The van der Waals surface area contributed by atoms with E-state index in [4.69, 9.17) is 4.74 Å². The highest BCUT2D eigenvalue weighted by atomic mass is 16.5. The van der Waals surface area contributed by atoms with E-state index >= 15 is 0 Å². The van der Waals surface area contributed by atoms with Crippen LogP contribution in [-0.2, 0) is 4.74 Å². The first kappa shape index (κ1) is 15.3. The number of rotatable bonds is 3. The van der Waals surface area contributed by atoms with Crippen molar-refractivity contribution in [1.29, 1.82) is 0 Å². The van der Waals surface area contributed by atoms with E-state index in [1.165, 1.54) is 32.2 Å². The molecular weight excluding hydrogens is 236 g/mol. The second kappa shape index (κ2) is 6.55. The van der Waals surface area contributed by atoms with Crippen molar-refractivity contribution < 1.29 is 4.74 Å². The Hall–Kier alpha value is -0.120. The summed E-state index contributed by atoms with van der Waals surface area (Å²) in [4.78, 5) is 2.70. The van der Waals surface area contributed by atoms with Crippen molar-refractivity contribution in [3.8, 4) is 0 Å². The average molecular weight is 268 g/mol. The molecule has 0 bridgehead atoms. The van der Waals surface area contributed by atoms with Crippen LogP contribution in [0.4, 0.5) is 0 Å². The van der Waals surface area contributed by atoms with Crippen LogP contribution in [0.25, 0.3) is 0 Å². The molecule has 19 heavy (non-hydrogen) atoms. The molecule has 112 valence electrons. The van der Waals surface area contributed by atoms with E-state index in [1.54, 1.807) is 0 Å². The molecule has 2 saturated heterocycles. The van der Waals surface area contributed by atoms with Gasteiger partial charge in [0.1, 0.15) is 0 Å². The Bertz CT molecular complexity index is 268. The monoisotopic (exact) mass is 268 g/mol. The summed E-state index contributed by atoms with van der Waals surface area (Å²) in [5.41, 5.74) is 0.334. The highest BCUT2D eigenvalue weighted by Gasteiger charge is 2.36. The zero-order chi connectivity index (χ0) is 13.9. The second-order valence-electron chi connectivity index (χ2n) is 7.34. The molecule has 0 amide bonds. The molecule has 2 rings (SSSR count). The predicted molar refractivity (Wildman–Crippen MR) is 80.5 cm³/mol. The van der Waals surface area contributed by atoms with Gasteiger partial charge < -0.3 is 10.1 Å². The van der Waals surface area contributed by atoms with Gasteiger partial charge >= 0.3 is 0 Å². The van der Waals surface area contributed by atoms with E-state index in [0.29, 0.717) is 23.6 Å². The maximum atomic E-state index is 5.95. The van der Waals surface area contributed by atoms with Gasteiger partial charge in [-0.15, -0.1) is 0 Å². The van der Waals surface area contributed by atoms with Gasteiger partial charge in [0, 0.05) is 38.3 Å². The van der Waals surface area contributed by atoms with Crippen LogP contribution in [0.1, 0.15) is 53.4 Å². The molecule has 2 aliphatic heterocycles. The van der Waals surface area contributed by atoms with Gasteiger partial charge in [-0.1, -0.05) is 27.7 Å². The summed E-state index contributed by atoms with van der Waals surface area (Å²) in [5, 5.41) is 3.71. The van der Waals surface area contributed by atoms with Gasteiger partial charge in [-0.25, -0.2) is 0 Å². The molecule has 0 spiro atoms. The Kier molecular flexibility index (Phi) is 5.27. The van der Waals surface area contributed by atoms with Crippen molar-refractivity contribution in [3.05, 3.63) is 0 Å². The number of nitrogens with one attached hydrogen (secondary N) is 1. The molecule has 0 aromatic heterocycles. The van der Waals surface area contributed by atoms with Crippen molar-refractivity contribution in [2.45, 2.75) is 71.6 Å². The third-order valence-electron chi connectivity index (χ3n) is 4.70. The molecule has 0 aromatic carbocycles. The summed E-state index contributed by atoms with van der Waals surface area (Å²) in [6.07, 6.45) is 5.53. The fourth-order valence-electron chi connectivity index (χ4n) is 3.42. The number of ether oxygens (including phenoxy) is 1. The van der Waals surface area contributed by atoms with Gasteiger partial charge in [-0.3, -0.25) is 4.90 Å². The van der Waals surface area contributed by atoms with Crippen LogP contribution in [0, 0.1) is 5.41 Å². The van der Waals surface area contributed by atoms with E-state index in [9.17, 15) is 0 Å². The van der Waals surface area contributed by atoms with E-state index < -0.39 is 0 Å². The van der Waals surface area contributed by atoms with Crippen molar-refractivity contribution in [2.75, 3.05) is 26.2 Å². The Labute approximate surface area is 119 Å². The summed E-state index contributed by atoms with van der Waals surface area (Å²) in [6, 6.07) is 1.28. The molecule has 0 aliphatic carbocycles. The second-order valence-corrected chi connectivity index (χ2v) is 7.34. The average Bonchev–Trinajstić information content (AvgIpc) is 2.38. The minimum atomic E-state index is 0.334. The minimum absolute atomic E-state index is 0.334. The van der Waals surface area contributed by atoms with Crippen LogP contribution in [0.2, 0.25) is 0 Å². The Morgan fingerprint density at radius 1 is 1.26 bits per heavy atom. The zero-order valence-electron chi connectivity index (χ0n) is 13.2. The largest absolute Gasteiger partial charge is 0.377 e. The van der Waals surface area contributed by atoms with Crippen LogP contribution in [-0.4, -0.2) is 49.3 Å². The zero-order valence-corrected chi connectivity index (χ0v) is 13.2. The Morgan fingerprint density at radius 3 is 2.63 bits per heavy atom. The van der Waals surface area contributed by atoms with Gasteiger partial charge in [0.15, 0.2) is 0 Å². The van der Waals surface area contributed by atoms with E-state index in [-0.39, 0.29) is 0 Å². The maximum absolute atomic E-state index is 5.95. The van der Waals surface area contributed by atoms with Gasteiger partial charge in [0.2, 0.25) is 0 Å². The molecular formula is C16H32N2O. The van der Waals surface area contributed by atoms with Crippen LogP contribution in [0.15, 0.2) is 0 Å². The van der Waals surface area contributed by atoms with Crippen molar-refractivity contribution >= 4 is 0 Å². The summed E-state index contributed by atoms with van der Waals surface area (Å²) in [7, 11) is 0. The van der Waals surface area contributed by atoms with Crippen molar-refractivity contribution in [3.63, 3.8) is 0 Å². The SMILES string of the molecule is CCC1CN(CC2CCCCO2)C(C(C)(C)C)CN1. The first-order valence-corrected chi connectivity index (χ1v) is 8.09. The van der Waals surface area contributed by atoms with E-state index in [2.05, 4.69) is 37.9 Å². The van der Waals surface area contributed by atoms with Gasteiger partial charge in [0.05, 0.1) is 6.10 Å². The predicted octanol–water partition coefficient (Wildman–Crippen LogP) is 2.65. The molecule has 3 heteroatoms. The molecule has 0 aromatic rings. The maximum Gasteiger partial charge on any atom is 0.0702 e.